The molecule has 0 bridgehead atoms. The third-order valence-electron chi connectivity index (χ3n) is 5.02. The van der Waals surface area contributed by atoms with Crippen LogP contribution in [0.1, 0.15) is 31.1 Å². The molecule has 2 N–H and O–H groups in total. The van der Waals surface area contributed by atoms with Crippen LogP contribution in [-0.4, -0.2) is 34.6 Å². The van der Waals surface area contributed by atoms with Crippen molar-refractivity contribution in [3.05, 3.63) is 42.0 Å². The largest absolute Gasteiger partial charge is 0.465 e. The first-order valence-electron chi connectivity index (χ1n) is 9.67. The summed E-state index contributed by atoms with van der Waals surface area (Å²) in [5.74, 6) is 0.759. The summed E-state index contributed by atoms with van der Waals surface area (Å²) >= 11 is 0. The Morgan fingerprint density at radius 2 is 2.00 bits per heavy atom. The van der Waals surface area contributed by atoms with Gasteiger partial charge in [-0.25, -0.2) is 9.78 Å². The molecule has 0 saturated heterocycles. The van der Waals surface area contributed by atoms with Crippen molar-refractivity contribution in [1.82, 2.24) is 9.55 Å². The average Bonchev–Trinajstić information content (AvgIpc) is 3.05. The van der Waals surface area contributed by atoms with Crippen LogP contribution >= 0.6 is 0 Å². The van der Waals surface area contributed by atoms with Gasteiger partial charge in [0.1, 0.15) is 11.9 Å². The molecule has 7 heteroatoms. The van der Waals surface area contributed by atoms with E-state index in [9.17, 15) is 9.59 Å². The van der Waals surface area contributed by atoms with Gasteiger partial charge in [-0.15, -0.1) is 0 Å². The van der Waals surface area contributed by atoms with E-state index in [1.807, 2.05) is 31.2 Å². The van der Waals surface area contributed by atoms with Crippen LogP contribution in [0.3, 0.4) is 0 Å². The summed E-state index contributed by atoms with van der Waals surface area (Å²) in [6, 6.07) is 11.0. The second-order valence-electron chi connectivity index (χ2n) is 7.75. The van der Waals surface area contributed by atoms with E-state index in [0.717, 1.165) is 40.3 Å². The second-order valence-corrected chi connectivity index (χ2v) is 7.75. The van der Waals surface area contributed by atoms with Gasteiger partial charge < -0.3 is 19.9 Å². The fourth-order valence-corrected chi connectivity index (χ4v) is 3.60. The lowest BCUT2D eigenvalue weighted by Crippen LogP contribution is -2.36. The topological polar surface area (TPSA) is 85.2 Å². The summed E-state index contributed by atoms with van der Waals surface area (Å²) in [7, 11) is 1.37. The highest BCUT2D eigenvalue weighted by Gasteiger charge is 2.23. The van der Waals surface area contributed by atoms with Crippen molar-refractivity contribution in [1.29, 1.82) is 0 Å². The van der Waals surface area contributed by atoms with Gasteiger partial charge in [-0.3, -0.25) is 4.79 Å². The SMILES string of the molecule is COC(=O)c1ccc2c(c1)nc(-c1ccc3c(c1)NC(=O)[C@H](C)N3)n2CC(C)C. The molecule has 1 amide bonds. The van der Waals surface area contributed by atoms with Crippen LogP contribution in [0.5, 0.6) is 0 Å². The number of ether oxygens (including phenoxy) is 1. The number of esters is 1. The first-order valence-corrected chi connectivity index (χ1v) is 9.67. The van der Waals surface area contributed by atoms with Gasteiger partial charge in [0.15, 0.2) is 0 Å². The maximum Gasteiger partial charge on any atom is 0.337 e. The van der Waals surface area contributed by atoms with Crippen LogP contribution in [0, 0.1) is 5.92 Å². The van der Waals surface area contributed by atoms with E-state index in [2.05, 4.69) is 29.0 Å². The number of nitrogens with zero attached hydrogens (tertiary/aromatic N) is 2. The van der Waals surface area contributed by atoms with Crippen LogP contribution in [0.2, 0.25) is 0 Å². The number of methoxy groups -OCH3 is 1. The van der Waals surface area contributed by atoms with Gasteiger partial charge in [-0.05, 0) is 49.2 Å². The Hall–Kier alpha value is -3.35. The molecule has 1 aromatic heterocycles. The summed E-state index contributed by atoms with van der Waals surface area (Å²) in [5, 5.41) is 6.14. The molecule has 29 heavy (non-hydrogen) atoms. The maximum absolute atomic E-state index is 12.0. The lowest BCUT2D eigenvalue weighted by Gasteiger charge is -2.24. The molecule has 3 aromatic rings. The zero-order chi connectivity index (χ0) is 20.7. The molecule has 1 aliphatic rings. The van der Waals surface area contributed by atoms with Gasteiger partial charge in [0.05, 0.1) is 35.1 Å². The molecule has 0 unspecified atom stereocenters. The Morgan fingerprint density at radius 3 is 2.72 bits per heavy atom. The van der Waals surface area contributed by atoms with Gasteiger partial charge in [-0.1, -0.05) is 13.8 Å². The minimum atomic E-state index is -0.386. The smallest absolute Gasteiger partial charge is 0.337 e. The van der Waals surface area contributed by atoms with E-state index < -0.39 is 0 Å². The highest BCUT2D eigenvalue weighted by atomic mass is 16.5. The molecule has 0 saturated carbocycles. The zero-order valence-electron chi connectivity index (χ0n) is 16.9. The molecule has 150 valence electrons. The average molecular weight is 392 g/mol. The molecule has 0 radical (unpaired) electrons. The Morgan fingerprint density at radius 1 is 1.21 bits per heavy atom. The molecule has 7 nitrogen and oxygen atoms in total. The Labute approximate surface area is 169 Å². The van der Waals surface area contributed by atoms with Gasteiger partial charge in [0, 0.05) is 12.1 Å². The first kappa shape index (κ1) is 19.0. The lowest BCUT2D eigenvalue weighted by atomic mass is 10.1. The van der Waals surface area contributed by atoms with Crippen molar-refractivity contribution in [2.75, 3.05) is 17.7 Å². The number of rotatable bonds is 4. The number of hydrogen-bond donors (Lipinski definition) is 2. The predicted octanol–water partition coefficient (Wildman–Crippen LogP) is 3.90. The van der Waals surface area contributed by atoms with Gasteiger partial charge in [0.25, 0.3) is 0 Å². The van der Waals surface area contributed by atoms with E-state index in [-0.39, 0.29) is 17.9 Å². The van der Waals surface area contributed by atoms with Crippen molar-refractivity contribution in [3.8, 4) is 11.4 Å². The molecule has 2 heterocycles. The monoisotopic (exact) mass is 392 g/mol. The molecule has 0 spiro atoms. The number of nitrogens with one attached hydrogen (secondary N) is 2. The van der Waals surface area contributed by atoms with Crippen molar-refractivity contribution in [3.63, 3.8) is 0 Å². The van der Waals surface area contributed by atoms with Crippen molar-refractivity contribution in [2.24, 2.45) is 5.92 Å². The Bertz CT molecular complexity index is 1120. The summed E-state index contributed by atoms with van der Waals surface area (Å²) in [6.45, 7) is 6.91. The van der Waals surface area contributed by atoms with Crippen LogP contribution in [0.25, 0.3) is 22.4 Å². The highest BCUT2D eigenvalue weighted by Crippen LogP contribution is 2.33. The van der Waals surface area contributed by atoms with Crippen LogP contribution < -0.4 is 10.6 Å². The van der Waals surface area contributed by atoms with E-state index in [4.69, 9.17) is 9.72 Å². The number of anilines is 2. The van der Waals surface area contributed by atoms with Crippen molar-refractivity contribution >= 4 is 34.3 Å². The Kier molecular flexibility index (Phi) is 4.74. The van der Waals surface area contributed by atoms with Crippen LogP contribution in [0.15, 0.2) is 36.4 Å². The van der Waals surface area contributed by atoms with E-state index in [0.29, 0.717) is 11.5 Å². The minimum absolute atomic E-state index is 0.0620. The molecule has 2 aromatic carbocycles. The fraction of sp³-hybridized carbons (Fsp3) is 0.318. The van der Waals surface area contributed by atoms with Gasteiger partial charge in [0.2, 0.25) is 5.91 Å². The number of fused-ring (bicyclic) bond motifs is 2. The number of amides is 1. The van der Waals surface area contributed by atoms with Gasteiger partial charge in [-0.2, -0.15) is 0 Å². The first-order chi connectivity index (χ1) is 13.9. The molecule has 1 atom stereocenters. The lowest BCUT2D eigenvalue weighted by molar-refractivity contribution is -0.116. The van der Waals surface area contributed by atoms with Crippen LogP contribution in [0.4, 0.5) is 11.4 Å². The van der Waals surface area contributed by atoms with Gasteiger partial charge >= 0.3 is 5.97 Å². The molecule has 1 aliphatic heterocycles. The molecule has 0 aliphatic carbocycles. The molecule has 0 fully saturated rings. The quantitative estimate of drug-likeness (QED) is 0.658. The van der Waals surface area contributed by atoms with Crippen molar-refractivity contribution in [2.45, 2.75) is 33.4 Å². The summed E-state index contributed by atoms with van der Waals surface area (Å²) in [6.07, 6.45) is 0. The number of imidazole rings is 1. The molecular formula is C22H24N4O3. The zero-order valence-corrected chi connectivity index (χ0v) is 16.9. The number of hydrogen-bond acceptors (Lipinski definition) is 5. The molecule has 4 rings (SSSR count). The Balaban J connectivity index is 1.85. The summed E-state index contributed by atoms with van der Waals surface area (Å²) in [4.78, 5) is 28.8. The minimum Gasteiger partial charge on any atom is -0.465 e. The van der Waals surface area contributed by atoms with E-state index in [1.54, 1.807) is 12.1 Å². The van der Waals surface area contributed by atoms with E-state index >= 15 is 0 Å². The third-order valence-corrected chi connectivity index (χ3v) is 5.02. The predicted molar refractivity (Wildman–Crippen MR) is 113 cm³/mol. The highest BCUT2D eigenvalue weighted by molar-refractivity contribution is 6.03. The third kappa shape index (κ3) is 3.44. The normalized spacial score (nSPS) is 15.8. The maximum atomic E-state index is 12.0. The number of aromatic nitrogens is 2. The van der Waals surface area contributed by atoms with E-state index in [1.165, 1.54) is 7.11 Å². The van der Waals surface area contributed by atoms with Crippen molar-refractivity contribution < 1.29 is 14.3 Å². The number of benzene rings is 2. The molecular weight excluding hydrogens is 368 g/mol. The number of carbonyl (C=O) groups is 2. The number of carbonyl (C=O) groups excluding carboxylic acids is 2. The summed E-state index contributed by atoms with van der Waals surface area (Å²) in [5.41, 5.74) is 4.68. The summed E-state index contributed by atoms with van der Waals surface area (Å²) < 4.78 is 6.99. The fourth-order valence-electron chi connectivity index (χ4n) is 3.60. The standard InChI is InChI=1S/C22H24N4O3/c1-12(2)11-26-19-8-6-15(22(28)29-4)10-18(19)24-20(26)14-5-7-16-17(9-14)25-21(27)13(3)23-16/h5-10,12-13,23H,11H2,1-4H3,(H,25,27)/t13-/m0/s1. The second kappa shape index (κ2) is 7.24. The van der Waals surface area contributed by atoms with Crippen LogP contribution in [-0.2, 0) is 16.1 Å².